The predicted molar refractivity (Wildman–Crippen MR) is 123 cm³/mol. The molecular formula is C23H21N7O. The fourth-order valence-corrected chi connectivity index (χ4v) is 2.73. The normalized spacial score (nSPS) is 10.6. The summed E-state index contributed by atoms with van der Waals surface area (Å²) < 4.78 is 5.23. The Hall–Kier alpha value is -4.46. The van der Waals surface area contributed by atoms with Gasteiger partial charge in [-0.2, -0.15) is 20.1 Å². The van der Waals surface area contributed by atoms with Crippen LogP contribution in [0.4, 0.5) is 29.2 Å². The van der Waals surface area contributed by atoms with Gasteiger partial charge in [0.15, 0.2) is 0 Å². The van der Waals surface area contributed by atoms with E-state index in [2.05, 4.69) is 36.1 Å². The number of benzene rings is 3. The van der Waals surface area contributed by atoms with Crippen LogP contribution >= 0.6 is 0 Å². The largest absolute Gasteiger partial charge is 0.497 e. The number of para-hydroxylation sites is 2. The molecule has 154 valence electrons. The first-order valence-electron chi connectivity index (χ1n) is 9.62. The first-order valence-corrected chi connectivity index (χ1v) is 9.62. The molecule has 3 N–H and O–H groups in total. The summed E-state index contributed by atoms with van der Waals surface area (Å²) in [6.45, 7) is 0. The Morgan fingerprint density at radius 3 is 1.87 bits per heavy atom. The van der Waals surface area contributed by atoms with Crippen LogP contribution in [-0.4, -0.2) is 28.3 Å². The average molecular weight is 411 g/mol. The minimum Gasteiger partial charge on any atom is -0.497 e. The van der Waals surface area contributed by atoms with E-state index in [1.807, 2.05) is 84.9 Å². The van der Waals surface area contributed by atoms with Gasteiger partial charge in [0, 0.05) is 11.4 Å². The number of aromatic nitrogens is 3. The van der Waals surface area contributed by atoms with Crippen LogP contribution in [0.15, 0.2) is 90.0 Å². The molecule has 4 aromatic rings. The van der Waals surface area contributed by atoms with Gasteiger partial charge < -0.3 is 15.4 Å². The summed E-state index contributed by atoms with van der Waals surface area (Å²) in [4.78, 5) is 13.3. The van der Waals surface area contributed by atoms with Gasteiger partial charge in [-0.05, 0) is 42.0 Å². The Morgan fingerprint density at radius 1 is 0.710 bits per heavy atom. The zero-order valence-corrected chi connectivity index (χ0v) is 16.9. The van der Waals surface area contributed by atoms with Crippen molar-refractivity contribution in [2.75, 3.05) is 23.2 Å². The topological polar surface area (TPSA) is 96.4 Å². The molecule has 0 atom stereocenters. The third-order valence-electron chi connectivity index (χ3n) is 4.17. The predicted octanol–water partition coefficient (Wildman–Crippen LogP) is 4.81. The monoisotopic (exact) mass is 411 g/mol. The highest BCUT2D eigenvalue weighted by atomic mass is 16.5. The molecule has 1 aromatic heterocycles. The standard InChI is InChI=1S/C23H21N7O/c1-31-20-14-8-9-17(15-20)16-24-30-23-28-21(25-18-10-4-2-5-11-18)27-22(29-23)26-19-12-6-3-7-13-19/h2-16H,1H3,(H3,25,26,27,28,29,30)/b24-16-. The first-order chi connectivity index (χ1) is 15.3. The van der Waals surface area contributed by atoms with Crippen molar-refractivity contribution in [3.63, 3.8) is 0 Å². The number of hydrogen-bond acceptors (Lipinski definition) is 8. The summed E-state index contributed by atoms with van der Waals surface area (Å²) in [5.41, 5.74) is 5.48. The molecule has 0 spiro atoms. The molecule has 0 saturated heterocycles. The van der Waals surface area contributed by atoms with Gasteiger partial charge in [0.25, 0.3) is 0 Å². The molecule has 0 fully saturated rings. The number of anilines is 5. The zero-order valence-electron chi connectivity index (χ0n) is 16.9. The lowest BCUT2D eigenvalue weighted by atomic mass is 10.2. The van der Waals surface area contributed by atoms with E-state index >= 15 is 0 Å². The second-order valence-electron chi connectivity index (χ2n) is 6.43. The maximum absolute atomic E-state index is 5.23. The molecule has 0 unspecified atom stereocenters. The minimum absolute atomic E-state index is 0.297. The lowest BCUT2D eigenvalue weighted by molar-refractivity contribution is 0.415. The molecule has 31 heavy (non-hydrogen) atoms. The van der Waals surface area contributed by atoms with Crippen molar-refractivity contribution < 1.29 is 4.74 Å². The van der Waals surface area contributed by atoms with E-state index in [1.54, 1.807) is 13.3 Å². The Balaban J connectivity index is 1.56. The maximum Gasteiger partial charge on any atom is 0.250 e. The molecule has 0 bridgehead atoms. The highest BCUT2D eigenvalue weighted by Gasteiger charge is 2.07. The molecular weight excluding hydrogens is 390 g/mol. The van der Waals surface area contributed by atoms with Gasteiger partial charge in [0.2, 0.25) is 17.8 Å². The number of methoxy groups -OCH3 is 1. The molecule has 1 heterocycles. The minimum atomic E-state index is 0.297. The second kappa shape index (κ2) is 9.84. The van der Waals surface area contributed by atoms with Crippen LogP contribution in [0.5, 0.6) is 5.75 Å². The molecule has 3 aromatic carbocycles. The Labute approximate surface area is 180 Å². The molecule has 4 rings (SSSR count). The smallest absolute Gasteiger partial charge is 0.250 e. The average Bonchev–Trinajstić information content (AvgIpc) is 2.80. The Kier molecular flexibility index (Phi) is 6.30. The van der Waals surface area contributed by atoms with E-state index in [1.165, 1.54) is 0 Å². The van der Waals surface area contributed by atoms with Crippen LogP contribution in [0.3, 0.4) is 0 Å². The quantitative estimate of drug-likeness (QED) is 0.283. The fraction of sp³-hybridized carbons (Fsp3) is 0.0435. The third-order valence-corrected chi connectivity index (χ3v) is 4.17. The van der Waals surface area contributed by atoms with E-state index < -0.39 is 0 Å². The van der Waals surface area contributed by atoms with Crippen molar-refractivity contribution in [1.29, 1.82) is 0 Å². The Morgan fingerprint density at radius 2 is 1.29 bits per heavy atom. The van der Waals surface area contributed by atoms with Crippen LogP contribution < -0.4 is 20.8 Å². The van der Waals surface area contributed by atoms with Gasteiger partial charge in [0.1, 0.15) is 5.75 Å². The number of nitrogens with one attached hydrogen (secondary N) is 3. The molecule has 0 saturated carbocycles. The second-order valence-corrected chi connectivity index (χ2v) is 6.43. The van der Waals surface area contributed by atoms with E-state index in [0.717, 1.165) is 22.7 Å². The van der Waals surface area contributed by atoms with Gasteiger partial charge in [-0.1, -0.05) is 48.5 Å². The molecule has 0 aliphatic heterocycles. The van der Waals surface area contributed by atoms with Gasteiger partial charge in [-0.15, -0.1) is 0 Å². The van der Waals surface area contributed by atoms with Crippen molar-refractivity contribution in [2.45, 2.75) is 0 Å². The lowest BCUT2D eigenvalue weighted by Crippen LogP contribution is -2.07. The highest BCUT2D eigenvalue weighted by Crippen LogP contribution is 2.18. The molecule has 8 nitrogen and oxygen atoms in total. The number of hydrazone groups is 1. The first kappa shape index (κ1) is 19.8. The summed E-state index contributed by atoms with van der Waals surface area (Å²) in [5, 5.41) is 10.6. The Bertz CT molecular complexity index is 1090. The van der Waals surface area contributed by atoms with E-state index in [9.17, 15) is 0 Å². The summed E-state index contributed by atoms with van der Waals surface area (Å²) >= 11 is 0. The lowest BCUT2D eigenvalue weighted by Gasteiger charge is -2.10. The third kappa shape index (κ3) is 5.77. The molecule has 0 radical (unpaired) electrons. The number of ether oxygens (including phenoxy) is 1. The highest BCUT2D eigenvalue weighted by molar-refractivity contribution is 5.80. The zero-order chi connectivity index (χ0) is 21.3. The summed E-state index contributed by atoms with van der Waals surface area (Å²) in [6.07, 6.45) is 1.67. The molecule has 8 heteroatoms. The van der Waals surface area contributed by atoms with Crippen LogP contribution in [-0.2, 0) is 0 Å². The summed E-state index contributed by atoms with van der Waals surface area (Å²) in [7, 11) is 1.63. The van der Waals surface area contributed by atoms with Gasteiger partial charge in [0.05, 0.1) is 13.3 Å². The number of hydrogen-bond donors (Lipinski definition) is 3. The maximum atomic E-state index is 5.23. The molecule has 0 amide bonds. The van der Waals surface area contributed by atoms with Gasteiger partial charge >= 0.3 is 0 Å². The number of nitrogens with zero attached hydrogens (tertiary/aromatic N) is 4. The summed E-state index contributed by atoms with van der Waals surface area (Å²) in [6, 6.07) is 26.9. The van der Waals surface area contributed by atoms with E-state index in [0.29, 0.717) is 17.8 Å². The summed E-state index contributed by atoms with van der Waals surface area (Å²) in [5.74, 6) is 1.83. The van der Waals surface area contributed by atoms with E-state index in [4.69, 9.17) is 4.74 Å². The van der Waals surface area contributed by atoms with E-state index in [-0.39, 0.29) is 0 Å². The SMILES string of the molecule is COc1cccc(/C=N\Nc2nc(Nc3ccccc3)nc(Nc3ccccc3)n2)c1. The number of rotatable bonds is 8. The van der Waals surface area contributed by atoms with Crippen LogP contribution in [0.25, 0.3) is 0 Å². The fourth-order valence-electron chi connectivity index (χ4n) is 2.73. The van der Waals surface area contributed by atoms with Crippen LogP contribution in [0, 0.1) is 0 Å². The van der Waals surface area contributed by atoms with Crippen molar-refractivity contribution in [3.8, 4) is 5.75 Å². The van der Waals surface area contributed by atoms with Crippen molar-refractivity contribution in [1.82, 2.24) is 15.0 Å². The van der Waals surface area contributed by atoms with Crippen molar-refractivity contribution in [3.05, 3.63) is 90.5 Å². The molecule has 0 aliphatic rings. The van der Waals surface area contributed by atoms with Crippen molar-refractivity contribution in [2.24, 2.45) is 5.10 Å². The van der Waals surface area contributed by atoms with Crippen LogP contribution in [0.2, 0.25) is 0 Å². The van der Waals surface area contributed by atoms with Crippen molar-refractivity contribution >= 4 is 35.4 Å². The van der Waals surface area contributed by atoms with Gasteiger partial charge in [-0.25, -0.2) is 5.43 Å². The van der Waals surface area contributed by atoms with Crippen LogP contribution in [0.1, 0.15) is 5.56 Å². The molecule has 0 aliphatic carbocycles. The van der Waals surface area contributed by atoms with Gasteiger partial charge in [-0.3, -0.25) is 0 Å².